The highest BCUT2D eigenvalue weighted by Gasteiger charge is 2.12. The number of hydrogen-bond acceptors (Lipinski definition) is 6. The summed E-state index contributed by atoms with van der Waals surface area (Å²) in [7, 11) is 1.60. The molecule has 0 saturated carbocycles. The highest BCUT2D eigenvalue weighted by atomic mass is 16.5. The number of ether oxygens (including phenoxy) is 2. The second kappa shape index (κ2) is 8.48. The van der Waals surface area contributed by atoms with Crippen LogP contribution in [0.2, 0.25) is 0 Å². The minimum Gasteiger partial charge on any atom is -0.493 e. The molecular formula is C19H23N5O3. The number of aromatic nitrogens is 4. The molecule has 0 aliphatic rings. The van der Waals surface area contributed by atoms with Crippen LogP contribution in [0.1, 0.15) is 23.4 Å². The summed E-state index contributed by atoms with van der Waals surface area (Å²) in [5, 5.41) is 7.04. The molecule has 0 bridgehead atoms. The maximum atomic E-state index is 12.1. The molecule has 0 saturated heterocycles. The van der Waals surface area contributed by atoms with Crippen molar-refractivity contribution in [3.8, 4) is 11.5 Å². The zero-order valence-electron chi connectivity index (χ0n) is 15.7. The van der Waals surface area contributed by atoms with Crippen molar-refractivity contribution in [2.24, 2.45) is 0 Å². The summed E-state index contributed by atoms with van der Waals surface area (Å²) in [5.74, 6) is 1.88. The molecule has 1 amide bonds. The molecule has 3 rings (SSSR count). The van der Waals surface area contributed by atoms with Crippen molar-refractivity contribution in [1.29, 1.82) is 0 Å². The topological polar surface area (TPSA) is 90.6 Å². The van der Waals surface area contributed by atoms with E-state index in [0.29, 0.717) is 43.3 Å². The standard InChI is InChI=1S/C19H23N5O3/c1-13-15(14(2)24-19(23-13)21-12-22-24)8-9-18(25)20-10-11-27-17-7-5-4-6-16(17)26-3/h4-7,12H,8-11H2,1-3H3,(H,20,25). The van der Waals surface area contributed by atoms with Crippen LogP contribution in [0.4, 0.5) is 0 Å². The van der Waals surface area contributed by atoms with Crippen LogP contribution in [0.3, 0.4) is 0 Å². The monoisotopic (exact) mass is 369 g/mol. The number of fused-ring (bicyclic) bond motifs is 1. The van der Waals surface area contributed by atoms with Gasteiger partial charge in [0, 0.05) is 17.8 Å². The lowest BCUT2D eigenvalue weighted by molar-refractivity contribution is -0.121. The molecule has 0 radical (unpaired) electrons. The molecule has 0 atom stereocenters. The molecule has 8 nitrogen and oxygen atoms in total. The molecule has 1 aromatic carbocycles. The summed E-state index contributed by atoms with van der Waals surface area (Å²) in [4.78, 5) is 20.7. The highest BCUT2D eigenvalue weighted by Crippen LogP contribution is 2.25. The van der Waals surface area contributed by atoms with E-state index >= 15 is 0 Å². The van der Waals surface area contributed by atoms with Gasteiger partial charge in [-0.3, -0.25) is 4.79 Å². The van der Waals surface area contributed by atoms with Gasteiger partial charge in [-0.1, -0.05) is 12.1 Å². The van der Waals surface area contributed by atoms with E-state index in [1.165, 1.54) is 6.33 Å². The number of carbonyl (C=O) groups excluding carboxylic acids is 1. The Bertz CT molecular complexity index is 938. The molecule has 0 spiro atoms. The Labute approximate surface area is 157 Å². The first-order chi connectivity index (χ1) is 13.1. The lowest BCUT2D eigenvalue weighted by Gasteiger charge is -2.12. The van der Waals surface area contributed by atoms with E-state index in [2.05, 4.69) is 20.4 Å². The van der Waals surface area contributed by atoms with Gasteiger partial charge in [0.2, 0.25) is 5.91 Å². The third kappa shape index (κ3) is 4.33. The third-order valence-corrected chi connectivity index (χ3v) is 4.34. The number of amides is 1. The fourth-order valence-corrected chi connectivity index (χ4v) is 2.93. The Morgan fingerprint density at radius 3 is 2.78 bits per heavy atom. The van der Waals surface area contributed by atoms with Crippen molar-refractivity contribution in [1.82, 2.24) is 24.9 Å². The van der Waals surface area contributed by atoms with Gasteiger partial charge >= 0.3 is 0 Å². The second-order valence-corrected chi connectivity index (χ2v) is 6.08. The predicted octanol–water partition coefficient (Wildman–Crippen LogP) is 1.88. The van der Waals surface area contributed by atoms with Gasteiger partial charge in [0.25, 0.3) is 5.78 Å². The SMILES string of the molecule is COc1ccccc1OCCNC(=O)CCc1c(C)nc2ncnn2c1C. The number of nitrogens with zero attached hydrogens (tertiary/aromatic N) is 4. The van der Waals surface area contributed by atoms with Gasteiger partial charge in [-0.15, -0.1) is 0 Å². The van der Waals surface area contributed by atoms with Gasteiger partial charge in [0.05, 0.1) is 13.7 Å². The van der Waals surface area contributed by atoms with Gasteiger partial charge < -0.3 is 14.8 Å². The number of rotatable bonds is 8. The van der Waals surface area contributed by atoms with E-state index in [-0.39, 0.29) is 5.91 Å². The smallest absolute Gasteiger partial charge is 0.252 e. The lowest BCUT2D eigenvalue weighted by Crippen LogP contribution is -2.28. The van der Waals surface area contributed by atoms with Crippen LogP contribution in [0.25, 0.3) is 5.78 Å². The maximum Gasteiger partial charge on any atom is 0.252 e. The van der Waals surface area contributed by atoms with E-state index in [1.54, 1.807) is 11.6 Å². The van der Waals surface area contributed by atoms with Crippen molar-refractivity contribution in [2.75, 3.05) is 20.3 Å². The van der Waals surface area contributed by atoms with Crippen molar-refractivity contribution < 1.29 is 14.3 Å². The molecule has 8 heteroatoms. The zero-order valence-corrected chi connectivity index (χ0v) is 15.7. The number of aryl methyl sites for hydroxylation is 2. The van der Waals surface area contributed by atoms with Crippen molar-refractivity contribution >= 4 is 11.7 Å². The summed E-state index contributed by atoms with van der Waals surface area (Å²) in [6, 6.07) is 7.42. The Hall–Kier alpha value is -3.16. The molecule has 2 aromatic heterocycles. The fourth-order valence-electron chi connectivity index (χ4n) is 2.93. The molecule has 3 aromatic rings. The molecule has 142 valence electrons. The van der Waals surface area contributed by atoms with Crippen molar-refractivity contribution in [3.05, 3.63) is 47.5 Å². The van der Waals surface area contributed by atoms with Gasteiger partial charge in [0.15, 0.2) is 11.5 Å². The molecular weight excluding hydrogens is 346 g/mol. The average Bonchev–Trinajstić information content (AvgIpc) is 3.14. The van der Waals surface area contributed by atoms with E-state index in [1.807, 2.05) is 38.1 Å². The summed E-state index contributed by atoms with van der Waals surface area (Å²) in [6.45, 7) is 4.69. The van der Waals surface area contributed by atoms with E-state index < -0.39 is 0 Å². The maximum absolute atomic E-state index is 12.1. The van der Waals surface area contributed by atoms with Crippen LogP contribution in [-0.2, 0) is 11.2 Å². The summed E-state index contributed by atoms with van der Waals surface area (Å²) in [6.07, 6.45) is 2.45. The summed E-state index contributed by atoms with van der Waals surface area (Å²) < 4.78 is 12.6. The van der Waals surface area contributed by atoms with Crippen LogP contribution in [-0.4, -0.2) is 45.8 Å². The van der Waals surface area contributed by atoms with Crippen LogP contribution in [0.15, 0.2) is 30.6 Å². The molecule has 2 heterocycles. The molecule has 27 heavy (non-hydrogen) atoms. The Balaban J connectivity index is 1.48. The van der Waals surface area contributed by atoms with E-state index in [4.69, 9.17) is 9.47 Å². The third-order valence-electron chi connectivity index (χ3n) is 4.34. The van der Waals surface area contributed by atoms with Crippen LogP contribution in [0.5, 0.6) is 11.5 Å². The van der Waals surface area contributed by atoms with Gasteiger partial charge in [-0.25, -0.2) is 9.50 Å². The minimum absolute atomic E-state index is 0.0314. The second-order valence-electron chi connectivity index (χ2n) is 6.08. The van der Waals surface area contributed by atoms with Gasteiger partial charge in [0.1, 0.15) is 12.9 Å². The predicted molar refractivity (Wildman–Crippen MR) is 100 cm³/mol. The first-order valence-corrected chi connectivity index (χ1v) is 8.78. The van der Waals surface area contributed by atoms with Crippen molar-refractivity contribution in [2.45, 2.75) is 26.7 Å². The number of methoxy groups -OCH3 is 1. The van der Waals surface area contributed by atoms with Crippen LogP contribution < -0.4 is 14.8 Å². The van der Waals surface area contributed by atoms with Crippen LogP contribution >= 0.6 is 0 Å². The first kappa shape index (κ1) is 18.6. The molecule has 1 N–H and O–H groups in total. The average molecular weight is 369 g/mol. The Kier molecular flexibility index (Phi) is 5.85. The van der Waals surface area contributed by atoms with E-state index in [9.17, 15) is 4.79 Å². The molecule has 0 aliphatic carbocycles. The molecule has 0 aliphatic heterocycles. The van der Waals surface area contributed by atoms with Crippen LogP contribution in [0, 0.1) is 13.8 Å². The summed E-state index contributed by atoms with van der Waals surface area (Å²) in [5.41, 5.74) is 2.86. The number of nitrogens with one attached hydrogen (secondary N) is 1. The largest absolute Gasteiger partial charge is 0.493 e. The number of benzene rings is 1. The quantitative estimate of drug-likeness (QED) is 0.610. The minimum atomic E-state index is -0.0314. The number of carbonyl (C=O) groups is 1. The lowest BCUT2D eigenvalue weighted by atomic mass is 10.1. The molecule has 0 fully saturated rings. The Morgan fingerprint density at radius 1 is 1.22 bits per heavy atom. The number of para-hydroxylation sites is 2. The zero-order chi connectivity index (χ0) is 19.2. The van der Waals surface area contributed by atoms with E-state index in [0.717, 1.165) is 17.0 Å². The summed E-state index contributed by atoms with van der Waals surface area (Å²) >= 11 is 0. The normalized spacial score (nSPS) is 10.8. The molecule has 0 unspecified atom stereocenters. The first-order valence-electron chi connectivity index (χ1n) is 8.78. The number of hydrogen-bond donors (Lipinski definition) is 1. The Morgan fingerprint density at radius 2 is 2.00 bits per heavy atom. The fraction of sp³-hybridized carbons (Fsp3) is 0.368. The van der Waals surface area contributed by atoms with Crippen molar-refractivity contribution in [3.63, 3.8) is 0 Å². The highest BCUT2D eigenvalue weighted by molar-refractivity contribution is 5.76. The van der Waals surface area contributed by atoms with Gasteiger partial charge in [-0.2, -0.15) is 10.1 Å². The van der Waals surface area contributed by atoms with Gasteiger partial charge in [-0.05, 0) is 38.0 Å².